The maximum Gasteiger partial charge on any atom is 0.411 e. The number of carbonyl (C=O) groups excluding carboxylic acids is 6. The number of amides is 4. The normalized spacial score (nSPS) is 12.6. The summed E-state index contributed by atoms with van der Waals surface area (Å²) in [5.41, 5.74) is 7.60. The first-order valence-corrected chi connectivity index (χ1v) is 32.6. The van der Waals surface area contributed by atoms with E-state index in [9.17, 15) is 47.9 Å². The SMILES string of the molecule is C.CCOC(=O)C[C@@H](Cc1ccc(-c2cccc(Cl)c2)cc1)NC(=O)C(C)N(CC(=O)OCC)C(=O)OC(C)(C)C.C[C@@H](NCC(=O)O)C(=O)N[C@@H](CC(=O)O)Cc1ccc(-c2cccc(Cl)c2)cc1.C[C@H](NCC(=O)O)C(=O)N[C@@H](CC(=O)O)Cc1ccc(-c2cccc(Cl)c2)cc1. The van der Waals surface area contributed by atoms with Crippen molar-refractivity contribution in [3.05, 3.63) is 177 Å². The smallest absolute Gasteiger partial charge is 0.411 e. The Kier molecular flexibility index (Phi) is 35.9. The number of nitrogens with one attached hydrogen (secondary N) is 5. The van der Waals surface area contributed by atoms with Gasteiger partial charge in [0.2, 0.25) is 17.7 Å². The molecule has 0 fully saturated rings. The van der Waals surface area contributed by atoms with E-state index in [2.05, 4.69) is 26.6 Å². The van der Waals surface area contributed by atoms with Crippen molar-refractivity contribution in [1.82, 2.24) is 31.5 Å². The lowest BCUT2D eigenvalue weighted by atomic mass is 9.99. The van der Waals surface area contributed by atoms with Crippen molar-refractivity contribution in [2.24, 2.45) is 0 Å². The fourth-order valence-electron chi connectivity index (χ4n) is 9.53. The van der Waals surface area contributed by atoms with Gasteiger partial charge in [0, 0.05) is 33.2 Å². The predicted octanol–water partition coefficient (Wildman–Crippen LogP) is 11.0. The molecule has 0 aliphatic carbocycles. The second-order valence-corrected chi connectivity index (χ2v) is 24.9. The molecule has 26 heteroatoms. The van der Waals surface area contributed by atoms with Gasteiger partial charge < -0.3 is 50.6 Å². The average Bonchev–Trinajstić information content (AvgIpc) is 0.864. The number of halogens is 3. The van der Waals surface area contributed by atoms with Crippen LogP contribution in [0, 0.1) is 0 Å². The number of hydrogen-bond donors (Lipinski definition) is 9. The molecule has 0 heterocycles. The molecule has 0 spiro atoms. The summed E-state index contributed by atoms with van der Waals surface area (Å²) in [7, 11) is 0. The fraction of sp³-hybridized carbons (Fsp3) is 0.370. The Bertz CT molecular complexity index is 3500. The van der Waals surface area contributed by atoms with Crippen LogP contribution in [-0.4, -0.2) is 160 Å². The second kappa shape index (κ2) is 42.4. The van der Waals surface area contributed by atoms with Crippen LogP contribution in [0.2, 0.25) is 15.1 Å². The number of aliphatic carboxylic acids is 4. The molecule has 6 atom stereocenters. The highest BCUT2D eigenvalue weighted by atomic mass is 35.5. The standard InChI is InChI=1S/C30H39ClN2O7.2C21H23ClN2O5.CH4/c1-7-38-26(34)18-25(16-21-12-14-22(15-13-21)23-10-9-11-24(31)17-23)32-28(36)20(3)33(19-27(35)39-8-2)29(37)40-30(4,5)6;2*1-13(23-12-20(27)28)21(29)24-18(11-19(25)26)9-14-5-7-15(8-6-14)16-3-2-4-17(22)10-16;/h9-15,17,20,25H,7-8,16,18-19H2,1-6H3,(H,32,36);2*2-8,10,13,18,23H,9,11-12H2,1H3,(H,24,29)(H,25,26)(H,27,28);1H4/t20?,25-;13-,18+;13-,18-;/m101./s1. The van der Waals surface area contributed by atoms with Crippen molar-refractivity contribution in [2.45, 2.75) is 143 Å². The second-order valence-electron chi connectivity index (χ2n) is 23.6. The number of benzene rings is 6. The summed E-state index contributed by atoms with van der Waals surface area (Å²) in [6.07, 6.45) is -0.397. The molecule has 9 N–H and O–H groups in total. The lowest BCUT2D eigenvalue weighted by molar-refractivity contribution is -0.146. The zero-order valence-corrected chi connectivity index (χ0v) is 58.0. The Hall–Kier alpha value is -9.39. The van der Waals surface area contributed by atoms with Gasteiger partial charge in [-0.25, -0.2) is 4.79 Å². The van der Waals surface area contributed by atoms with Gasteiger partial charge in [0.05, 0.1) is 57.6 Å². The number of rotatable bonds is 32. The van der Waals surface area contributed by atoms with Gasteiger partial charge in [-0.3, -0.25) is 58.7 Å². The zero-order valence-electron chi connectivity index (χ0n) is 55.8. The van der Waals surface area contributed by atoms with E-state index in [0.717, 1.165) is 55.0 Å². The van der Waals surface area contributed by atoms with Gasteiger partial charge in [-0.05, 0) is 161 Å². The lowest BCUT2D eigenvalue weighted by Crippen LogP contribution is -2.53. The van der Waals surface area contributed by atoms with Gasteiger partial charge in [-0.15, -0.1) is 0 Å². The number of hydrogen-bond acceptors (Lipinski definition) is 15. The van der Waals surface area contributed by atoms with Gasteiger partial charge in [0.25, 0.3) is 0 Å². The lowest BCUT2D eigenvalue weighted by Gasteiger charge is -2.31. The number of ether oxygens (including phenoxy) is 3. The summed E-state index contributed by atoms with van der Waals surface area (Å²) in [6.45, 7) is 12.1. The zero-order chi connectivity index (χ0) is 72.6. The Morgan fingerprint density at radius 1 is 0.444 bits per heavy atom. The molecule has 534 valence electrons. The van der Waals surface area contributed by atoms with Crippen molar-refractivity contribution < 1.29 is 82.6 Å². The predicted molar refractivity (Wildman–Crippen MR) is 379 cm³/mol. The molecular weight excluding hydrogens is 1340 g/mol. The number of nitrogens with zero attached hydrogens (tertiary/aromatic N) is 1. The Labute approximate surface area is 592 Å². The third-order valence-corrected chi connectivity index (χ3v) is 15.1. The molecule has 0 aromatic heterocycles. The molecule has 6 rings (SSSR count). The van der Waals surface area contributed by atoms with Crippen LogP contribution in [0.15, 0.2) is 146 Å². The van der Waals surface area contributed by atoms with Gasteiger partial charge in [0.15, 0.2) is 0 Å². The van der Waals surface area contributed by atoms with Crippen LogP contribution in [0.1, 0.15) is 98.8 Å². The molecule has 0 bridgehead atoms. The molecule has 0 saturated heterocycles. The minimum Gasteiger partial charge on any atom is -0.481 e. The highest BCUT2D eigenvalue weighted by Crippen LogP contribution is 2.27. The van der Waals surface area contributed by atoms with E-state index in [4.69, 9.17) is 69.4 Å². The van der Waals surface area contributed by atoms with E-state index in [1.54, 1.807) is 52.8 Å². The van der Waals surface area contributed by atoms with E-state index in [0.29, 0.717) is 34.3 Å². The molecule has 0 saturated carbocycles. The highest BCUT2D eigenvalue weighted by Gasteiger charge is 2.34. The summed E-state index contributed by atoms with van der Waals surface area (Å²) in [6, 6.07) is 40.8. The van der Waals surface area contributed by atoms with E-state index in [-0.39, 0.29) is 53.0 Å². The third-order valence-electron chi connectivity index (χ3n) is 14.4. The van der Waals surface area contributed by atoms with Crippen molar-refractivity contribution in [2.75, 3.05) is 32.8 Å². The van der Waals surface area contributed by atoms with Crippen molar-refractivity contribution in [3.63, 3.8) is 0 Å². The van der Waals surface area contributed by atoms with Crippen LogP contribution in [0.5, 0.6) is 0 Å². The molecule has 6 aromatic rings. The minimum absolute atomic E-state index is 0. The van der Waals surface area contributed by atoms with Gasteiger partial charge in [-0.1, -0.05) is 151 Å². The first-order valence-electron chi connectivity index (χ1n) is 31.4. The van der Waals surface area contributed by atoms with Crippen LogP contribution in [0.25, 0.3) is 33.4 Å². The Morgan fingerprint density at radius 3 is 1.07 bits per heavy atom. The van der Waals surface area contributed by atoms with Crippen LogP contribution < -0.4 is 26.6 Å². The van der Waals surface area contributed by atoms with Crippen LogP contribution in [-0.2, 0) is 76.6 Å². The molecule has 23 nitrogen and oxygen atoms in total. The maximum absolute atomic E-state index is 13.3. The van der Waals surface area contributed by atoms with Gasteiger partial charge in [-0.2, -0.15) is 0 Å². The molecule has 1 unspecified atom stereocenters. The number of carbonyl (C=O) groups is 10. The summed E-state index contributed by atoms with van der Waals surface area (Å²) in [5.74, 6) is -6.81. The first kappa shape index (κ1) is 83.8. The minimum atomic E-state index is -1.09. The van der Waals surface area contributed by atoms with Gasteiger partial charge >= 0.3 is 41.9 Å². The summed E-state index contributed by atoms with van der Waals surface area (Å²) in [4.78, 5) is 120. The van der Waals surface area contributed by atoms with Crippen molar-refractivity contribution >= 4 is 94.4 Å². The van der Waals surface area contributed by atoms with Crippen molar-refractivity contribution in [1.29, 1.82) is 0 Å². The summed E-state index contributed by atoms with van der Waals surface area (Å²) < 4.78 is 15.5. The summed E-state index contributed by atoms with van der Waals surface area (Å²) in [5, 5.41) is 50.9. The average molecular weight is 1430 g/mol. The molecular formula is C73H89Cl3N6O17. The third kappa shape index (κ3) is 32.2. The molecule has 0 aliphatic heterocycles. The fourth-order valence-corrected chi connectivity index (χ4v) is 10.1. The monoisotopic (exact) mass is 1430 g/mol. The van der Waals surface area contributed by atoms with Gasteiger partial charge in [0.1, 0.15) is 18.2 Å². The van der Waals surface area contributed by atoms with Crippen LogP contribution >= 0.6 is 34.8 Å². The molecule has 0 radical (unpaired) electrons. The quantitative estimate of drug-likeness (QED) is 0.0140. The number of carboxylic acids is 4. The molecule has 99 heavy (non-hydrogen) atoms. The molecule has 6 aromatic carbocycles. The maximum atomic E-state index is 13.3. The van der Waals surface area contributed by atoms with Crippen LogP contribution in [0.4, 0.5) is 4.79 Å². The van der Waals surface area contributed by atoms with Crippen LogP contribution in [0.3, 0.4) is 0 Å². The molecule has 4 amide bonds. The largest absolute Gasteiger partial charge is 0.481 e. The summed E-state index contributed by atoms with van der Waals surface area (Å²) >= 11 is 18.2. The van der Waals surface area contributed by atoms with Crippen molar-refractivity contribution in [3.8, 4) is 33.4 Å². The Morgan fingerprint density at radius 2 is 0.768 bits per heavy atom. The number of carboxylic acid groups (broad SMARTS) is 4. The number of esters is 2. The highest BCUT2D eigenvalue weighted by molar-refractivity contribution is 6.31. The van der Waals surface area contributed by atoms with E-state index in [1.807, 2.05) is 127 Å². The Balaban J connectivity index is 0.000000392. The first-order chi connectivity index (χ1) is 46.3. The topological polar surface area (TPSA) is 343 Å². The van der Waals surface area contributed by atoms with E-state index >= 15 is 0 Å². The van der Waals surface area contributed by atoms with E-state index in [1.165, 1.54) is 20.8 Å². The molecule has 0 aliphatic rings. The van der Waals surface area contributed by atoms with E-state index < -0.39 is 108 Å².